The molecular formula is C45H55ClN4O8. The van der Waals surface area contributed by atoms with Crippen LogP contribution in [0.1, 0.15) is 68.8 Å². The van der Waals surface area contributed by atoms with Gasteiger partial charge in [0.2, 0.25) is 5.60 Å². The van der Waals surface area contributed by atoms with Crippen LogP contribution in [0.3, 0.4) is 0 Å². The van der Waals surface area contributed by atoms with Crippen molar-refractivity contribution in [2.75, 3.05) is 59.5 Å². The molecule has 1 saturated carbocycles. The van der Waals surface area contributed by atoms with Crippen LogP contribution in [-0.2, 0) is 46.0 Å². The third-order valence-corrected chi connectivity index (χ3v) is 15.6. The number of hydrogen-bond donors (Lipinski definition) is 2. The molecule has 2 N–H and O–H groups in total. The average Bonchev–Trinajstić information content (AvgIpc) is 3.87. The van der Waals surface area contributed by atoms with Crippen LogP contribution < -0.4 is 9.64 Å². The summed E-state index contributed by atoms with van der Waals surface area (Å²) in [7, 11) is 6.21. The third-order valence-electron chi connectivity index (χ3n) is 15.2. The van der Waals surface area contributed by atoms with E-state index in [0.717, 1.165) is 52.9 Å². The van der Waals surface area contributed by atoms with Gasteiger partial charge in [0.05, 0.1) is 27.4 Å². The van der Waals surface area contributed by atoms with E-state index in [-0.39, 0.29) is 23.3 Å². The fourth-order valence-corrected chi connectivity index (χ4v) is 13.4. The van der Waals surface area contributed by atoms with Crippen LogP contribution in [0.2, 0.25) is 0 Å². The van der Waals surface area contributed by atoms with Crippen LogP contribution in [0.15, 0.2) is 48.6 Å². The normalized spacial score (nSPS) is 36.5. The van der Waals surface area contributed by atoms with Crippen molar-refractivity contribution in [2.24, 2.45) is 17.3 Å². The average molecular weight is 815 g/mol. The minimum absolute atomic E-state index is 0.0508. The largest absolute Gasteiger partial charge is 0.496 e. The van der Waals surface area contributed by atoms with Crippen LogP contribution in [-0.4, -0.2) is 122 Å². The van der Waals surface area contributed by atoms with Gasteiger partial charge in [-0.2, -0.15) is 0 Å². The number of ether oxygens (including phenoxy) is 4. The molecule has 11 atom stereocenters. The number of rotatable bonds is 7. The van der Waals surface area contributed by atoms with E-state index in [0.29, 0.717) is 50.2 Å². The lowest BCUT2D eigenvalue weighted by Crippen LogP contribution is -2.81. The van der Waals surface area contributed by atoms with Gasteiger partial charge in [-0.3, -0.25) is 19.4 Å². The number of hydrogen-bond acceptors (Lipinski definition) is 11. The molecule has 2 saturated heterocycles. The monoisotopic (exact) mass is 814 g/mol. The summed E-state index contributed by atoms with van der Waals surface area (Å²) in [4.78, 5) is 53.2. The summed E-state index contributed by atoms with van der Waals surface area (Å²) in [6.45, 7) is 9.03. The number of H-pyrrole nitrogens is 1. The molecule has 12 nitrogen and oxygen atoms in total. The molecule has 1 aromatic heterocycles. The van der Waals surface area contributed by atoms with Crippen molar-refractivity contribution in [1.29, 1.82) is 0 Å². The highest BCUT2D eigenvalue weighted by Gasteiger charge is 2.80. The second kappa shape index (κ2) is 13.7. The molecule has 0 radical (unpaired) electrons. The molecule has 3 aromatic rings. The number of benzene rings is 2. The summed E-state index contributed by atoms with van der Waals surface area (Å²) in [5, 5.41) is 14.3. The maximum absolute atomic E-state index is 15.2. The number of nitrogens with zero attached hydrogens (tertiary/aromatic N) is 3. The van der Waals surface area contributed by atoms with Gasteiger partial charge in [-0.1, -0.05) is 37.3 Å². The molecule has 2 bridgehead atoms. The van der Waals surface area contributed by atoms with E-state index in [2.05, 4.69) is 52.1 Å². The van der Waals surface area contributed by atoms with E-state index in [4.69, 9.17) is 30.5 Å². The highest BCUT2D eigenvalue weighted by atomic mass is 35.5. The predicted molar refractivity (Wildman–Crippen MR) is 219 cm³/mol. The summed E-state index contributed by atoms with van der Waals surface area (Å²) in [6, 6.07) is 11.1. The van der Waals surface area contributed by atoms with Crippen LogP contribution in [0.4, 0.5) is 5.69 Å². The van der Waals surface area contributed by atoms with Gasteiger partial charge < -0.3 is 33.9 Å². The van der Waals surface area contributed by atoms with Crippen molar-refractivity contribution in [3.8, 4) is 5.75 Å². The fourth-order valence-electron chi connectivity index (χ4n) is 13.2. The molecule has 310 valence electrons. The number of nitrogens with one attached hydrogen (secondary N) is 1. The number of aliphatic hydroxyl groups is 1. The predicted octanol–water partition coefficient (Wildman–Crippen LogP) is 5.05. The highest BCUT2D eigenvalue weighted by molar-refractivity contribution is 6.20. The van der Waals surface area contributed by atoms with Crippen molar-refractivity contribution in [1.82, 2.24) is 14.8 Å². The summed E-state index contributed by atoms with van der Waals surface area (Å²) in [5.41, 5.74) is -0.384. The van der Waals surface area contributed by atoms with Gasteiger partial charge in [-0.05, 0) is 74.2 Å². The van der Waals surface area contributed by atoms with Gasteiger partial charge in [0.25, 0.3) is 0 Å². The molecule has 0 amide bonds. The van der Waals surface area contributed by atoms with Gasteiger partial charge in [0.15, 0.2) is 6.10 Å². The lowest BCUT2D eigenvalue weighted by Gasteiger charge is -2.63. The number of piperidine rings is 1. The number of aromatic amines is 1. The highest BCUT2D eigenvalue weighted by Crippen LogP contribution is 2.68. The van der Waals surface area contributed by atoms with Gasteiger partial charge in [-0.15, -0.1) is 11.6 Å². The van der Waals surface area contributed by atoms with Gasteiger partial charge in [-0.25, -0.2) is 4.79 Å². The number of esters is 3. The third kappa shape index (κ3) is 5.01. The summed E-state index contributed by atoms with van der Waals surface area (Å²) in [6.07, 6.45) is 5.23. The van der Waals surface area contributed by atoms with Gasteiger partial charge in [0, 0.05) is 96.3 Å². The molecule has 2 aromatic carbocycles. The second-order valence-corrected chi connectivity index (χ2v) is 18.5. The van der Waals surface area contributed by atoms with E-state index in [1.165, 1.54) is 21.1 Å². The van der Waals surface area contributed by atoms with Crippen molar-refractivity contribution in [3.63, 3.8) is 0 Å². The van der Waals surface area contributed by atoms with E-state index in [1.54, 1.807) is 7.11 Å². The van der Waals surface area contributed by atoms with Gasteiger partial charge in [0.1, 0.15) is 11.2 Å². The number of alkyl halides is 1. The Bertz CT molecular complexity index is 2220. The quantitative estimate of drug-likeness (QED) is 0.144. The van der Waals surface area contributed by atoms with Gasteiger partial charge >= 0.3 is 17.9 Å². The topological polar surface area (TPSA) is 134 Å². The van der Waals surface area contributed by atoms with Crippen molar-refractivity contribution in [3.05, 3.63) is 70.9 Å². The number of fused-ring (bicyclic) bond motifs is 6. The van der Waals surface area contributed by atoms with Crippen molar-refractivity contribution >= 4 is 46.1 Å². The first-order chi connectivity index (χ1) is 27.8. The number of halogens is 1. The number of para-hydroxylation sites is 1. The minimum atomic E-state index is -2.28. The van der Waals surface area contributed by atoms with Crippen LogP contribution in [0.25, 0.3) is 10.9 Å². The second-order valence-electron chi connectivity index (χ2n) is 17.8. The number of methoxy groups -OCH3 is 3. The molecule has 9 rings (SSSR count). The number of carbonyl (C=O) groups is 3. The Labute approximate surface area is 344 Å². The van der Waals surface area contributed by atoms with Crippen LogP contribution in [0.5, 0.6) is 5.75 Å². The molecule has 1 spiro atoms. The lowest BCUT2D eigenvalue weighted by atomic mass is 9.47. The van der Waals surface area contributed by atoms with E-state index in [1.807, 2.05) is 37.1 Å². The van der Waals surface area contributed by atoms with Crippen LogP contribution >= 0.6 is 11.6 Å². The standard InChI is InChI=1S/C45H55ClN4O8/c1-8-42-14-11-16-50-17-15-43(37(42)50)31-19-32(35(55-5)20-34(31)48(4)38(43)45(54,41(53)57-7)39(42)58-26(3)51)44(40(52)56-6)21-27-18-28(25(2)46)23-49(22-27)24-30-29-12-9-10-13-33(29)47-36(30)44/h9-14,19-20,25,27-28,37-39,47,54H,8,15-18,21-24H2,1-7H3/t25?,27?,28?,37-,38+,39+,42+,43+,44-,45-/m0/s1. The Kier molecular flexibility index (Phi) is 9.31. The Balaban J connectivity index is 1.36. The maximum Gasteiger partial charge on any atom is 0.344 e. The van der Waals surface area contributed by atoms with Crippen molar-refractivity contribution in [2.45, 2.75) is 93.0 Å². The molecule has 5 aliphatic heterocycles. The number of aromatic nitrogens is 1. The Morgan fingerprint density at radius 1 is 1.05 bits per heavy atom. The Morgan fingerprint density at radius 2 is 1.81 bits per heavy atom. The maximum atomic E-state index is 15.2. The molecule has 1 aliphatic carbocycles. The first-order valence-corrected chi connectivity index (χ1v) is 21.1. The molecule has 3 fully saturated rings. The summed E-state index contributed by atoms with van der Waals surface area (Å²) >= 11 is 6.87. The Morgan fingerprint density at radius 3 is 2.50 bits per heavy atom. The number of likely N-dealkylation sites (N-methyl/N-ethyl adjacent to an activating group) is 1. The number of carbonyl (C=O) groups excluding carboxylic acids is 3. The zero-order valence-corrected chi connectivity index (χ0v) is 35.2. The van der Waals surface area contributed by atoms with Crippen LogP contribution in [0, 0.1) is 17.3 Å². The smallest absolute Gasteiger partial charge is 0.344 e. The minimum Gasteiger partial charge on any atom is -0.496 e. The fraction of sp³-hybridized carbons (Fsp3) is 0.578. The SMILES string of the molecule is CC[C@]12C=CCN3CC[C@@]4(c5cc([C@@]6(C(=O)OC)CC7CC(C(C)Cl)CN(Cc8c6[nH]c6ccccc86)C7)c(OC)cc5N(C)[C@H]4[C@@](O)(C(=O)OC)[C@@H]1OC(C)=O)[C@@H]32. The lowest BCUT2D eigenvalue weighted by molar-refractivity contribution is -0.228. The van der Waals surface area contributed by atoms with Crippen molar-refractivity contribution < 1.29 is 38.4 Å². The number of anilines is 1. The zero-order valence-electron chi connectivity index (χ0n) is 34.5. The molecule has 4 unspecified atom stereocenters. The summed E-state index contributed by atoms with van der Waals surface area (Å²) in [5.74, 6) is -1.04. The van der Waals surface area contributed by atoms with E-state index < -0.39 is 51.9 Å². The Hall–Kier alpha value is -4.10. The molecule has 58 heavy (non-hydrogen) atoms. The molecule has 13 heteroatoms. The summed E-state index contributed by atoms with van der Waals surface area (Å²) < 4.78 is 23.9. The molecule has 6 aliphatic rings. The first kappa shape index (κ1) is 39.4. The first-order valence-electron chi connectivity index (χ1n) is 20.7. The zero-order chi connectivity index (χ0) is 41.1. The molecule has 6 heterocycles. The van der Waals surface area contributed by atoms with E-state index >= 15 is 4.79 Å². The molecular weight excluding hydrogens is 760 g/mol. The van der Waals surface area contributed by atoms with E-state index in [9.17, 15) is 14.7 Å².